The molecule has 2 aromatic carbocycles. The molecule has 2 rings (SSSR count). The van der Waals surface area contributed by atoms with E-state index in [0.717, 1.165) is 14.9 Å². The fourth-order valence-electron chi connectivity index (χ4n) is 1.44. The van der Waals surface area contributed by atoms with Crippen LogP contribution in [0.25, 0.3) is 0 Å². The van der Waals surface area contributed by atoms with Gasteiger partial charge in [-0.1, -0.05) is 39.1 Å². The van der Waals surface area contributed by atoms with Crippen molar-refractivity contribution in [2.45, 2.75) is 10.6 Å². The highest BCUT2D eigenvalue weighted by atomic mass is 79.9. The van der Waals surface area contributed by atoms with Crippen LogP contribution in [0.1, 0.15) is 5.56 Å². The Morgan fingerprint density at radius 3 is 2.61 bits per heavy atom. The van der Waals surface area contributed by atoms with Crippen LogP contribution in [0.3, 0.4) is 0 Å². The van der Waals surface area contributed by atoms with Crippen LogP contribution in [0.5, 0.6) is 0 Å². The van der Waals surface area contributed by atoms with Gasteiger partial charge in [-0.05, 0) is 42.0 Å². The van der Waals surface area contributed by atoms with Gasteiger partial charge < -0.3 is 0 Å². The third-order valence-electron chi connectivity index (χ3n) is 2.21. The lowest BCUT2D eigenvalue weighted by Crippen LogP contribution is -1.84. The molecular weight excluding hydrogens is 358 g/mol. The third kappa shape index (κ3) is 3.89. The van der Waals surface area contributed by atoms with Crippen LogP contribution in [0.2, 0.25) is 10.0 Å². The quantitative estimate of drug-likeness (QED) is 0.584. The van der Waals surface area contributed by atoms with E-state index in [0.29, 0.717) is 15.8 Å². The number of hydrogen-bond donors (Lipinski definition) is 0. The summed E-state index contributed by atoms with van der Waals surface area (Å²) in [5.41, 5.74) is 0.892. The van der Waals surface area contributed by atoms with E-state index in [1.165, 1.54) is 23.9 Å². The minimum atomic E-state index is -0.253. The van der Waals surface area contributed by atoms with Crippen LogP contribution < -0.4 is 0 Å². The Morgan fingerprint density at radius 2 is 1.89 bits per heavy atom. The Bertz CT molecular complexity index is 555. The average molecular weight is 366 g/mol. The van der Waals surface area contributed by atoms with Gasteiger partial charge in [0.2, 0.25) is 0 Å². The standard InChI is InChI=1S/C13H8BrCl2FS/c14-9-3-8(4-11(17)5-9)7-18-13-6-10(15)1-2-12(13)16/h1-6H,7H2. The van der Waals surface area contributed by atoms with Crippen molar-refractivity contribution in [1.29, 1.82) is 0 Å². The molecule has 18 heavy (non-hydrogen) atoms. The predicted octanol–water partition coefficient (Wildman–Crippen LogP) is 6.19. The maximum absolute atomic E-state index is 13.2. The minimum absolute atomic E-state index is 0.253. The lowest BCUT2D eigenvalue weighted by Gasteiger charge is -2.05. The van der Waals surface area contributed by atoms with Gasteiger partial charge in [0, 0.05) is 20.1 Å². The molecule has 0 saturated carbocycles. The first-order chi connectivity index (χ1) is 8.54. The molecule has 94 valence electrons. The lowest BCUT2D eigenvalue weighted by atomic mass is 10.2. The minimum Gasteiger partial charge on any atom is -0.207 e. The highest BCUT2D eigenvalue weighted by Gasteiger charge is 2.04. The summed E-state index contributed by atoms with van der Waals surface area (Å²) in [5.74, 6) is 0.383. The average Bonchev–Trinajstić information content (AvgIpc) is 2.29. The molecule has 0 heterocycles. The van der Waals surface area contributed by atoms with E-state index >= 15 is 0 Å². The summed E-state index contributed by atoms with van der Waals surface area (Å²) in [5, 5.41) is 1.29. The zero-order valence-corrected chi connectivity index (χ0v) is 13.0. The van der Waals surface area contributed by atoms with Crippen LogP contribution in [0.15, 0.2) is 45.8 Å². The molecule has 0 aliphatic rings. The van der Waals surface area contributed by atoms with Crippen LogP contribution in [-0.2, 0) is 5.75 Å². The molecule has 0 aliphatic carbocycles. The maximum atomic E-state index is 13.2. The Kier molecular flexibility index (Phi) is 4.96. The first-order valence-corrected chi connectivity index (χ1v) is 7.61. The first kappa shape index (κ1) is 14.2. The number of halogens is 4. The van der Waals surface area contributed by atoms with Gasteiger partial charge in [-0.25, -0.2) is 4.39 Å². The molecule has 0 saturated heterocycles. The van der Waals surface area contributed by atoms with E-state index in [2.05, 4.69) is 15.9 Å². The summed E-state index contributed by atoms with van der Waals surface area (Å²) in [4.78, 5) is 0.893. The van der Waals surface area contributed by atoms with E-state index in [-0.39, 0.29) is 5.82 Å². The number of thioether (sulfide) groups is 1. The second-order valence-electron chi connectivity index (χ2n) is 3.64. The van der Waals surface area contributed by atoms with Gasteiger partial charge in [-0.2, -0.15) is 0 Å². The molecule has 0 bridgehead atoms. The maximum Gasteiger partial charge on any atom is 0.124 e. The Labute approximate surface area is 128 Å². The molecule has 0 spiro atoms. The summed E-state index contributed by atoms with van der Waals surface area (Å²) in [6.45, 7) is 0. The third-order valence-corrected chi connectivity index (χ3v) is 4.47. The Hall–Kier alpha value is -0.220. The van der Waals surface area contributed by atoms with Gasteiger partial charge in [0.15, 0.2) is 0 Å². The molecule has 2 aromatic rings. The van der Waals surface area contributed by atoms with Gasteiger partial charge in [0.05, 0.1) is 5.02 Å². The predicted molar refractivity (Wildman–Crippen MR) is 80.1 cm³/mol. The molecule has 0 fully saturated rings. The van der Waals surface area contributed by atoms with Crippen LogP contribution in [0, 0.1) is 5.82 Å². The highest BCUT2D eigenvalue weighted by Crippen LogP contribution is 2.32. The monoisotopic (exact) mass is 364 g/mol. The van der Waals surface area contributed by atoms with Crippen molar-refractivity contribution in [3.8, 4) is 0 Å². The van der Waals surface area contributed by atoms with Crippen LogP contribution >= 0.6 is 50.9 Å². The van der Waals surface area contributed by atoms with Crippen molar-refractivity contribution in [3.63, 3.8) is 0 Å². The van der Waals surface area contributed by atoms with Crippen molar-refractivity contribution < 1.29 is 4.39 Å². The van der Waals surface area contributed by atoms with Gasteiger partial charge in [0.25, 0.3) is 0 Å². The molecule has 0 aliphatic heterocycles. The molecule has 0 unspecified atom stereocenters. The van der Waals surface area contributed by atoms with E-state index in [1.54, 1.807) is 12.1 Å². The fraction of sp³-hybridized carbons (Fsp3) is 0.0769. The van der Waals surface area contributed by atoms with Gasteiger partial charge >= 0.3 is 0 Å². The lowest BCUT2D eigenvalue weighted by molar-refractivity contribution is 0.625. The molecule has 0 atom stereocenters. The highest BCUT2D eigenvalue weighted by molar-refractivity contribution is 9.10. The molecule has 5 heteroatoms. The van der Waals surface area contributed by atoms with E-state index in [4.69, 9.17) is 23.2 Å². The van der Waals surface area contributed by atoms with E-state index in [1.807, 2.05) is 12.1 Å². The van der Waals surface area contributed by atoms with Crippen molar-refractivity contribution in [3.05, 3.63) is 62.3 Å². The number of benzene rings is 2. The molecule has 0 N–H and O–H groups in total. The second kappa shape index (κ2) is 6.29. The van der Waals surface area contributed by atoms with Crippen molar-refractivity contribution in [2.24, 2.45) is 0 Å². The van der Waals surface area contributed by atoms with Gasteiger partial charge in [-0.3, -0.25) is 0 Å². The topological polar surface area (TPSA) is 0 Å². The van der Waals surface area contributed by atoms with Gasteiger partial charge in [0.1, 0.15) is 5.82 Å². The fourth-order valence-corrected chi connectivity index (χ4v) is 3.38. The van der Waals surface area contributed by atoms with E-state index in [9.17, 15) is 4.39 Å². The molecular formula is C13H8BrCl2FS. The Balaban J connectivity index is 2.13. The zero-order valence-electron chi connectivity index (χ0n) is 9.09. The summed E-state index contributed by atoms with van der Waals surface area (Å²) in [6.07, 6.45) is 0. The summed E-state index contributed by atoms with van der Waals surface area (Å²) in [6, 6.07) is 10.1. The van der Waals surface area contributed by atoms with Crippen molar-refractivity contribution in [2.75, 3.05) is 0 Å². The summed E-state index contributed by atoms with van der Waals surface area (Å²) < 4.78 is 13.9. The molecule has 0 radical (unpaired) electrons. The second-order valence-corrected chi connectivity index (χ2v) is 6.42. The molecule has 0 nitrogen and oxygen atoms in total. The number of hydrogen-bond acceptors (Lipinski definition) is 1. The largest absolute Gasteiger partial charge is 0.207 e. The molecule has 0 aromatic heterocycles. The molecule has 0 amide bonds. The van der Waals surface area contributed by atoms with Crippen LogP contribution in [0.4, 0.5) is 4.39 Å². The van der Waals surface area contributed by atoms with E-state index < -0.39 is 0 Å². The summed E-state index contributed by atoms with van der Waals surface area (Å²) >= 11 is 16.8. The van der Waals surface area contributed by atoms with Crippen molar-refractivity contribution >= 4 is 50.9 Å². The summed E-state index contributed by atoms with van der Waals surface area (Å²) in [7, 11) is 0. The smallest absolute Gasteiger partial charge is 0.124 e. The number of rotatable bonds is 3. The van der Waals surface area contributed by atoms with Crippen LogP contribution in [-0.4, -0.2) is 0 Å². The SMILES string of the molecule is Fc1cc(Br)cc(CSc2cc(Cl)ccc2Cl)c1. The normalized spacial score (nSPS) is 10.7. The van der Waals surface area contributed by atoms with Crippen molar-refractivity contribution in [1.82, 2.24) is 0 Å². The zero-order chi connectivity index (χ0) is 13.1. The van der Waals surface area contributed by atoms with Gasteiger partial charge in [-0.15, -0.1) is 11.8 Å². The first-order valence-electron chi connectivity index (χ1n) is 5.07. The Morgan fingerprint density at radius 1 is 1.11 bits per heavy atom.